The van der Waals surface area contributed by atoms with E-state index in [0.29, 0.717) is 11.2 Å². The number of benzene rings is 1. The average Bonchev–Trinajstić information content (AvgIpc) is 2.18. The Labute approximate surface area is 87.5 Å². The van der Waals surface area contributed by atoms with Crippen LogP contribution < -0.4 is 10.8 Å². The van der Waals surface area contributed by atoms with Crippen LogP contribution in [-0.4, -0.2) is 34.3 Å². The number of anilines is 1. The molecular weight excluding hydrogens is 197 g/mol. The summed E-state index contributed by atoms with van der Waals surface area (Å²) in [4.78, 5) is 10.5. The van der Waals surface area contributed by atoms with Gasteiger partial charge in [-0.3, -0.25) is 4.79 Å². The number of carbonyl (C=O) groups is 1. The molecule has 0 heterocycles. The lowest BCUT2D eigenvalue weighted by atomic mass is 9.80. The lowest BCUT2D eigenvalue weighted by Gasteiger charge is -2.10. The zero-order valence-electron chi connectivity index (χ0n) is 8.21. The van der Waals surface area contributed by atoms with Gasteiger partial charge in [0.05, 0.1) is 0 Å². The summed E-state index contributed by atoms with van der Waals surface area (Å²) in [5.74, 6) is -0.943. The monoisotopic (exact) mass is 209 g/mol. The third kappa shape index (κ3) is 3.27. The summed E-state index contributed by atoms with van der Waals surface area (Å²) in [6.07, 6.45) is 0. The average molecular weight is 209 g/mol. The van der Waals surface area contributed by atoms with Gasteiger partial charge in [-0.15, -0.1) is 0 Å². The summed E-state index contributed by atoms with van der Waals surface area (Å²) in [6.45, 7) is 1.52. The van der Waals surface area contributed by atoms with E-state index in [9.17, 15) is 4.79 Å². The molecule has 0 radical (unpaired) electrons. The molecular formula is C9H12BNO4. The van der Waals surface area contributed by atoms with Crippen LogP contribution >= 0.6 is 0 Å². The quantitative estimate of drug-likeness (QED) is 0.490. The van der Waals surface area contributed by atoms with Crippen molar-refractivity contribution in [1.82, 2.24) is 0 Å². The first-order valence-electron chi connectivity index (χ1n) is 4.46. The summed E-state index contributed by atoms with van der Waals surface area (Å²) in [7, 11) is -1.50. The van der Waals surface area contributed by atoms with E-state index in [0.717, 1.165) is 0 Å². The third-order valence-corrected chi connectivity index (χ3v) is 1.96. The highest BCUT2D eigenvalue weighted by Crippen LogP contribution is 2.06. The molecule has 0 aliphatic rings. The van der Waals surface area contributed by atoms with Crippen LogP contribution in [0, 0.1) is 0 Å². The fourth-order valence-electron chi connectivity index (χ4n) is 1.06. The largest absolute Gasteiger partial charge is 0.488 e. The molecule has 15 heavy (non-hydrogen) atoms. The zero-order valence-corrected chi connectivity index (χ0v) is 8.21. The molecule has 0 aromatic heterocycles. The Morgan fingerprint density at radius 2 is 1.87 bits per heavy atom. The first kappa shape index (κ1) is 11.5. The Balaban J connectivity index is 2.68. The molecule has 0 spiro atoms. The SMILES string of the molecule is C[C@H](Nc1ccc(B(O)O)cc1)C(=O)O. The molecule has 0 aliphatic heterocycles. The maximum Gasteiger partial charge on any atom is 0.488 e. The van der Waals surface area contributed by atoms with Gasteiger partial charge >= 0.3 is 13.1 Å². The molecule has 1 aromatic carbocycles. The van der Waals surface area contributed by atoms with Crippen molar-refractivity contribution >= 4 is 24.2 Å². The minimum absolute atomic E-state index is 0.364. The molecule has 1 aromatic rings. The van der Waals surface area contributed by atoms with Gasteiger partial charge in [-0.25, -0.2) is 0 Å². The highest BCUT2D eigenvalue weighted by molar-refractivity contribution is 6.58. The molecule has 1 atom stereocenters. The van der Waals surface area contributed by atoms with Gasteiger partial charge in [0.15, 0.2) is 0 Å². The predicted octanol–water partition coefficient (Wildman–Crippen LogP) is -0.749. The molecule has 0 unspecified atom stereocenters. The van der Waals surface area contributed by atoms with Crippen molar-refractivity contribution in [3.05, 3.63) is 24.3 Å². The van der Waals surface area contributed by atoms with Gasteiger partial charge in [0.1, 0.15) is 6.04 Å². The summed E-state index contributed by atoms with van der Waals surface area (Å²) in [6, 6.07) is 5.53. The van der Waals surface area contributed by atoms with Crippen molar-refractivity contribution in [2.75, 3.05) is 5.32 Å². The molecule has 0 saturated carbocycles. The molecule has 0 fully saturated rings. The van der Waals surface area contributed by atoms with E-state index >= 15 is 0 Å². The van der Waals surface area contributed by atoms with Crippen molar-refractivity contribution in [1.29, 1.82) is 0 Å². The van der Waals surface area contributed by atoms with Gasteiger partial charge in [0.25, 0.3) is 0 Å². The van der Waals surface area contributed by atoms with E-state index in [1.165, 1.54) is 19.1 Å². The molecule has 0 bridgehead atoms. The number of aliphatic carboxylic acids is 1. The second-order valence-electron chi connectivity index (χ2n) is 3.20. The second kappa shape index (κ2) is 4.81. The van der Waals surface area contributed by atoms with Crippen molar-refractivity contribution in [2.45, 2.75) is 13.0 Å². The van der Waals surface area contributed by atoms with E-state index in [-0.39, 0.29) is 0 Å². The van der Waals surface area contributed by atoms with E-state index in [1.807, 2.05) is 0 Å². The van der Waals surface area contributed by atoms with Gasteiger partial charge < -0.3 is 20.5 Å². The Hall–Kier alpha value is -1.53. The molecule has 80 valence electrons. The number of nitrogens with one attached hydrogen (secondary N) is 1. The fourth-order valence-corrected chi connectivity index (χ4v) is 1.06. The third-order valence-electron chi connectivity index (χ3n) is 1.96. The maximum atomic E-state index is 10.5. The van der Waals surface area contributed by atoms with Gasteiger partial charge in [-0.1, -0.05) is 12.1 Å². The fraction of sp³-hybridized carbons (Fsp3) is 0.222. The predicted molar refractivity (Wildman–Crippen MR) is 57.0 cm³/mol. The Bertz CT molecular complexity index is 338. The number of carboxylic acids is 1. The maximum absolute atomic E-state index is 10.5. The van der Waals surface area contributed by atoms with Crippen molar-refractivity contribution in [2.24, 2.45) is 0 Å². The van der Waals surface area contributed by atoms with E-state index in [1.54, 1.807) is 12.1 Å². The normalized spacial score (nSPS) is 11.9. The Morgan fingerprint density at radius 1 is 1.33 bits per heavy atom. The standard InChI is InChI=1S/C9H12BNO4/c1-6(9(12)13)11-8-4-2-7(3-5-8)10(14)15/h2-6,11,14-15H,1H3,(H,12,13)/t6-/m0/s1. The zero-order chi connectivity index (χ0) is 11.4. The Kier molecular flexibility index (Phi) is 3.71. The number of rotatable bonds is 4. The second-order valence-corrected chi connectivity index (χ2v) is 3.20. The molecule has 0 amide bonds. The smallest absolute Gasteiger partial charge is 0.480 e. The number of hydrogen-bond acceptors (Lipinski definition) is 4. The lowest BCUT2D eigenvalue weighted by Crippen LogP contribution is -2.30. The topological polar surface area (TPSA) is 89.8 Å². The van der Waals surface area contributed by atoms with Crippen molar-refractivity contribution in [3.63, 3.8) is 0 Å². The summed E-state index contributed by atoms with van der Waals surface area (Å²) < 4.78 is 0. The van der Waals surface area contributed by atoms with Gasteiger partial charge in [-0.05, 0) is 24.5 Å². The summed E-state index contributed by atoms with van der Waals surface area (Å²) in [5, 5.41) is 29.0. The molecule has 0 aliphatic carbocycles. The number of carboxylic acid groups (broad SMARTS) is 1. The van der Waals surface area contributed by atoms with Gasteiger partial charge in [0, 0.05) is 5.69 Å². The first-order valence-corrected chi connectivity index (χ1v) is 4.46. The summed E-state index contributed by atoms with van der Waals surface area (Å²) in [5.41, 5.74) is 0.984. The van der Waals surface area contributed by atoms with E-state index < -0.39 is 19.1 Å². The van der Waals surface area contributed by atoms with Crippen LogP contribution in [-0.2, 0) is 4.79 Å². The molecule has 0 saturated heterocycles. The van der Waals surface area contributed by atoms with Crippen LogP contribution in [0.25, 0.3) is 0 Å². The van der Waals surface area contributed by atoms with Crippen molar-refractivity contribution in [3.8, 4) is 0 Å². The van der Waals surface area contributed by atoms with Crippen LogP contribution in [0.3, 0.4) is 0 Å². The van der Waals surface area contributed by atoms with Crippen LogP contribution in [0.15, 0.2) is 24.3 Å². The minimum atomic E-state index is -1.50. The number of hydrogen-bond donors (Lipinski definition) is 4. The Morgan fingerprint density at radius 3 is 2.27 bits per heavy atom. The summed E-state index contributed by atoms with van der Waals surface area (Å²) >= 11 is 0. The molecule has 1 rings (SSSR count). The van der Waals surface area contributed by atoms with Gasteiger partial charge in [-0.2, -0.15) is 0 Å². The first-order chi connectivity index (χ1) is 7.00. The lowest BCUT2D eigenvalue weighted by molar-refractivity contribution is -0.137. The van der Waals surface area contributed by atoms with Gasteiger partial charge in [0.2, 0.25) is 0 Å². The highest BCUT2D eigenvalue weighted by atomic mass is 16.4. The molecule has 4 N–H and O–H groups in total. The van der Waals surface area contributed by atoms with E-state index in [4.69, 9.17) is 15.2 Å². The van der Waals surface area contributed by atoms with Crippen LogP contribution in [0.4, 0.5) is 5.69 Å². The van der Waals surface area contributed by atoms with Crippen LogP contribution in [0.2, 0.25) is 0 Å². The minimum Gasteiger partial charge on any atom is -0.480 e. The molecule has 5 nitrogen and oxygen atoms in total. The highest BCUT2D eigenvalue weighted by Gasteiger charge is 2.12. The van der Waals surface area contributed by atoms with E-state index in [2.05, 4.69) is 5.32 Å². The molecule has 6 heteroatoms. The van der Waals surface area contributed by atoms with Crippen molar-refractivity contribution < 1.29 is 19.9 Å². The van der Waals surface area contributed by atoms with Crippen LogP contribution in [0.1, 0.15) is 6.92 Å². The van der Waals surface area contributed by atoms with Crippen LogP contribution in [0.5, 0.6) is 0 Å².